The van der Waals surface area contributed by atoms with Gasteiger partial charge in [-0.1, -0.05) is 48.5 Å². The number of hydrogen-bond acceptors (Lipinski definition) is 4. The normalized spacial score (nSPS) is 22.5. The van der Waals surface area contributed by atoms with Gasteiger partial charge in [0.15, 0.2) is 0 Å². The Morgan fingerprint density at radius 2 is 1.67 bits per heavy atom. The van der Waals surface area contributed by atoms with Gasteiger partial charge in [0, 0.05) is 30.3 Å². The highest BCUT2D eigenvalue weighted by molar-refractivity contribution is 5.58. The van der Waals surface area contributed by atoms with Crippen LogP contribution in [-0.4, -0.2) is 13.2 Å². The van der Waals surface area contributed by atoms with E-state index in [9.17, 15) is 4.39 Å². The van der Waals surface area contributed by atoms with Crippen LogP contribution in [0, 0.1) is 11.7 Å². The van der Waals surface area contributed by atoms with Crippen LogP contribution >= 0.6 is 0 Å². The molecule has 5 rings (SSSR count). The van der Waals surface area contributed by atoms with Crippen LogP contribution in [0.3, 0.4) is 0 Å². The summed E-state index contributed by atoms with van der Waals surface area (Å²) in [5.74, 6) is 1.06. The number of ether oxygens (including phenoxy) is 1. The zero-order valence-corrected chi connectivity index (χ0v) is 17.0. The van der Waals surface area contributed by atoms with Crippen LogP contribution in [-0.2, 0) is 6.54 Å². The Hall–Kier alpha value is -2.89. The topological polar surface area (TPSA) is 36.5 Å². The summed E-state index contributed by atoms with van der Waals surface area (Å²) < 4.78 is 20.0. The van der Waals surface area contributed by atoms with E-state index in [1.54, 1.807) is 6.07 Å². The quantitative estimate of drug-likeness (QED) is 0.645. The molecule has 2 aliphatic rings. The van der Waals surface area contributed by atoms with Crippen LogP contribution < -0.4 is 20.5 Å². The highest BCUT2D eigenvalue weighted by atomic mass is 19.1. The first-order valence-electron chi connectivity index (χ1n) is 10.6. The minimum absolute atomic E-state index is 0.150. The van der Waals surface area contributed by atoms with E-state index in [2.05, 4.69) is 52.1 Å². The minimum Gasteiger partial charge on any atom is -0.494 e. The van der Waals surface area contributed by atoms with Crippen molar-refractivity contribution in [3.05, 3.63) is 95.3 Å². The summed E-state index contributed by atoms with van der Waals surface area (Å²) in [5, 5.41) is 0. The lowest BCUT2D eigenvalue weighted by atomic mass is 9.82. The number of anilines is 1. The van der Waals surface area contributed by atoms with Gasteiger partial charge in [-0.2, -0.15) is 0 Å². The molecule has 0 spiro atoms. The number of rotatable bonds is 5. The van der Waals surface area contributed by atoms with E-state index in [1.807, 2.05) is 31.2 Å². The Kier molecular flexibility index (Phi) is 5.15. The van der Waals surface area contributed by atoms with Crippen LogP contribution in [0.4, 0.5) is 10.1 Å². The Balaban J connectivity index is 1.46. The van der Waals surface area contributed by atoms with Gasteiger partial charge in [-0.25, -0.2) is 15.2 Å². The predicted molar refractivity (Wildman–Crippen MR) is 117 cm³/mol. The molecule has 2 aliphatic heterocycles. The van der Waals surface area contributed by atoms with E-state index in [-0.39, 0.29) is 17.9 Å². The molecule has 0 aromatic heterocycles. The van der Waals surface area contributed by atoms with E-state index in [4.69, 9.17) is 4.74 Å². The summed E-state index contributed by atoms with van der Waals surface area (Å²) in [4.78, 5) is 2.31. The molecule has 0 radical (unpaired) electrons. The van der Waals surface area contributed by atoms with Crippen molar-refractivity contribution in [3.8, 4) is 5.75 Å². The summed E-state index contributed by atoms with van der Waals surface area (Å²) in [6.45, 7) is 4.05. The first kappa shape index (κ1) is 19.1. The molecule has 3 aromatic rings. The van der Waals surface area contributed by atoms with Crippen molar-refractivity contribution in [1.82, 2.24) is 10.9 Å². The molecule has 0 saturated carbocycles. The second kappa shape index (κ2) is 8.09. The van der Waals surface area contributed by atoms with Crippen LogP contribution in [0.15, 0.2) is 72.8 Å². The van der Waals surface area contributed by atoms with Crippen molar-refractivity contribution in [3.63, 3.8) is 0 Å². The zero-order chi connectivity index (χ0) is 20.5. The smallest absolute Gasteiger partial charge is 0.128 e. The maximum atomic E-state index is 14.4. The number of nitrogens with zero attached hydrogens (tertiary/aromatic N) is 1. The monoisotopic (exact) mass is 403 g/mol. The molecule has 3 aromatic carbocycles. The molecular weight excluding hydrogens is 377 g/mol. The van der Waals surface area contributed by atoms with Gasteiger partial charge in [-0.3, -0.25) is 0 Å². The Labute approximate surface area is 176 Å². The van der Waals surface area contributed by atoms with Gasteiger partial charge in [0.2, 0.25) is 0 Å². The second-order valence-corrected chi connectivity index (χ2v) is 7.94. The third kappa shape index (κ3) is 3.44. The summed E-state index contributed by atoms with van der Waals surface area (Å²) in [7, 11) is 0. The standard InChI is InChI=1S/C25H26FN3O/c1-2-30-19-13-11-17(12-14-19)24-21-16-29(15-18-7-3-5-9-22(18)26)23-10-6-4-8-20(23)25(21)28-27-24/h3-14,21,24-25,27-28H,2,15-16H2,1H3. The predicted octanol–water partition coefficient (Wildman–Crippen LogP) is 4.75. The molecular formula is C25H26FN3O. The average Bonchev–Trinajstić information content (AvgIpc) is 3.20. The van der Waals surface area contributed by atoms with Gasteiger partial charge >= 0.3 is 0 Å². The van der Waals surface area contributed by atoms with Crippen molar-refractivity contribution in [2.24, 2.45) is 5.92 Å². The van der Waals surface area contributed by atoms with Crippen LogP contribution in [0.5, 0.6) is 5.75 Å². The molecule has 1 fully saturated rings. The fraction of sp³-hybridized carbons (Fsp3) is 0.280. The summed E-state index contributed by atoms with van der Waals surface area (Å²) >= 11 is 0. The number of fused-ring (bicyclic) bond motifs is 3. The fourth-order valence-corrected chi connectivity index (χ4v) is 4.75. The third-order valence-corrected chi connectivity index (χ3v) is 6.16. The zero-order valence-electron chi connectivity index (χ0n) is 17.0. The Bertz CT molecular complexity index is 1020. The highest BCUT2D eigenvalue weighted by Crippen LogP contribution is 2.45. The second-order valence-electron chi connectivity index (χ2n) is 7.94. The molecule has 3 atom stereocenters. The van der Waals surface area contributed by atoms with Gasteiger partial charge < -0.3 is 9.64 Å². The van der Waals surface area contributed by atoms with Crippen molar-refractivity contribution in [2.75, 3.05) is 18.1 Å². The van der Waals surface area contributed by atoms with Crippen molar-refractivity contribution < 1.29 is 9.13 Å². The van der Waals surface area contributed by atoms with Crippen LogP contribution in [0.1, 0.15) is 35.7 Å². The average molecular weight is 404 g/mol. The lowest BCUT2D eigenvalue weighted by Gasteiger charge is -2.39. The third-order valence-electron chi connectivity index (χ3n) is 6.16. The molecule has 0 bridgehead atoms. The van der Waals surface area contributed by atoms with E-state index in [0.29, 0.717) is 19.1 Å². The lowest BCUT2D eigenvalue weighted by molar-refractivity contribution is 0.339. The van der Waals surface area contributed by atoms with E-state index >= 15 is 0 Å². The van der Waals surface area contributed by atoms with Crippen LogP contribution in [0.25, 0.3) is 0 Å². The van der Waals surface area contributed by atoms with Gasteiger partial charge in [0.1, 0.15) is 11.6 Å². The Morgan fingerprint density at radius 3 is 2.47 bits per heavy atom. The number of nitrogens with one attached hydrogen (secondary N) is 2. The molecule has 30 heavy (non-hydrogen) atoms. The number of hydrogen-bond donors (Lipinski definition) is 2. The molecule has 3 unspecified atom stereocenters. The first-order chi connectivity index (χ1) is 14.7. The Morgan fingerprint density at radius 1 is 0.933 bits per heavy atom. The van der Waals surface area contributed by atoms with Crippen molar-refractivity contribution in [2.45, 2.75) is 25.6 Å². The number of halogens is 1. The number of benzene rings is 3. The number of hydrazine groups is 1. The molecule has 1 saturated heterocycles. The molecule has 2 N–H and O–H groups in total. The van der Waals surface area contributed by atoms with Gasteiger partial charge in [0.05, 0.1) is 18.7 Å². The van der Waals surface area contributed by atoms with E-state index in [0.717, 1.165) is 17.9 Å². The van der Waals surface area contributed by atoms with Crippen LogP contribution in [0.2, 0.25) is 0 Å². The van der Waals surface area contributed by atoms with Gasteiger partial charge in [-0.05, 0) is 42.3 Å². The maximum Gasteiger partial charge on any atom is 0.128 e. The SMILES string of the molecule is CCOc1ccc(C2NNC3c4ccccc4N(Cc4ccccc4F)CC23)cc1. The van der Waals surface area contributed by atoms with Gasteiger partial charge in [-0.15, -0.1) is 0 Å². The first-order valence-corrected chi connectivity index (χ1v) is 10.6. The molecule has 2 heterocycles. The molecule has 5 heteroatoms. The fourth-order valence-electron chi connectivity index (χ4n) is 4.75. The van der Waals surface area contributed by atoms with E-state index in [1.165, 1.54) is 22.9 Å². The van der Waals surface area contributed by atoms with E-state index < -0.39 is 0 Å². The minimum atomic E-state index is -0.150. The maximum absolute atomic E-state index is 14.4. The van der Waals surface area contributed by atoms with Crippen molar-refractivity contribution >= 4 is 5.69 Å². The summed E-state index contributed by atoms with van der Waals surface area (Å²) in [6.07, 6.45) is 0. The van der Waals surface area contributed by atoms with Crippen molar-refractivity contribution in [1.29, 1.82) is 0 Å². The van der Waals surface area contributed by atoms with Gasteiger partial charge in [0.25, 0.3) is 0 Å². The largest absolute Gasteiger partial charge is 0.494 e. The molecule has 4 nitrogen and oxygen atoms in total. The summed E-state index contributed by atoms with van der Waals surface area (Å²) in [6, 6.07) is 24.2. The molecule has 154 valence electrons. The molecule has 0 amide bonds. The lowest BCUT2D eigenvalue weighted by Crippen LogP contribution is -2.39. The molecule has 0 aliphatic carbocycles. The number of para-hydroxylation sites is 1. The highest BCUT2D eigenvalue weighted by Gasteiger charge is 2.43. The summed E-state index contributed by atoms with van der Waals surface area (Å²) in [5.41, 5.74) is 11.4.